The normalized spacial score (nSPS) is 11.7. The van der Waals surface area contributed by atoms with E-state index < -0.39 is 5.91 Å². The van der Waals surface area contributed by atoms with E-state index >= 15 is 0 Å². The molecule has 0 fully saturated rings. The molecule has 0 aliphatic carbocycles. The summed E-state index contributed by atoms with van der Waals surface area (Å²) in [5.74, 6) is -0.309. The van der Waals surface area contributed by atoms with Crippen molar-refractivity contribution < 1.29 is 18.8 Å². The highest BCUT2D eigenvalue weighted by Crippen LogP contribution is 2.28. The topological polar surface area (TPSA) is 114 Å². The van der Waals surface area contributed by atoms with Crippen LogP contribution in [0.15, 0.2) is 52.0 Å². The van der Waals surface area contributed by atoms with Crippen molar-refractivity contribution in [2.75, 3.05) is 0 Å². The first-order valence-corrected chi connectivity index (χ1v) is 9.31. The van der Waals surface area contributed by atoms with Crippen molar-refractivity contribution in [2.24, 2.45) is 5.16 Å². The van der Waals surface area contributed by atoms with Crippen LogP contribution in [0.25, 0.3) is 21.3 Å². The highest BCUT2D eigenvalue weighted by atomic mass is 32.1. The molecule has 10 heteroatoms. The number of halogens is 1. The minimum atomic E-state index is -0.624. The molecule has 2 N–H and O–H groups in total. The largest absolute Gasteiger partial charge is 0.424 e. The highest BCUT2D eigenvalue weighted by Gasteiger charge is 2.20. The summed E-state index contributed by atoms with van der Waals surface area (Å²) in [6.07, 6.45) is 0. The number of nitrogens with zero attached hydrogens (tertiary/aromatic N) is 4. The Labute approximate surface area is 167 Å². The number of hydrogen-bond donors (Lipinski definition) is 2. The van der Waals surface area contributed by atoms with Gasteiger partial charge >= 0.3 is 0 Å². The molecule has 0 saturated carbocycles. The Balaban J connectivity index is 1.57. The van der Waals surface area contributed by atoms with Crippen LogP contribution in [0.2, 0.25) is 0 Å². The zero-order valence-electron chi connectivity index (χ0n) is 15.1. The lowest BCUT2D eigenvalue weighted by atomic mass is 10.1. The summed E-state index contributed by atoms with van der Waals surface area (Å²) in [5.41, 5.74) is 2.17. The van der Waals surface area contributed by atoms with Gasteiger partial charge in [-0.1, -0.05) is 23.4 Å². The van der Waals surface area contributed by atoms with Crippen molar-refractivity contribution in [3.05, 3.63) is 65.1 Å². The van der Waals surface area contributed by atoms with Crippen LogP contribution < -0.4 is 5.32 Å². The van der Waals surface area contributed by atoms with E-state index in [9.17, 15) is 14.4 Å². The van der Waals surface area contributed by atoms with E-state index in [2.05, 4.69) is 25.7 Å². The molecule has 29 heavy (non-hydrogen) atoms. The summed E-state index contributed by atoms with van der Waals surface area (Å²) in [7, 11) is 0. The zero-order chi connectivity index (χ0) is 20.4. The number of aromatic nitrogens is 3. The number of fused-ring (bicyclic) bond motifs is 1. The van der Waals surface area contributed by atoms with Crippen LogP contribution in [-0.2, 0) is 11.3 Å². The van der Waals surface area contributed by atoms with Gasteiger partial charge in [0.25, 0.3) is 5.91 Å². The summed E-state index contributed by atoms with van der Waals surface area (Å²) in [5, 5.41) is 22.7. The van der Waals surface area contributed by atoms with Crippen LogP contribution in [-0.4, -0.2) is 32.0 Å². The number of carbonyl (C=O) groups is 1. The summed E-state index contributed by atoms with van der Waals surface area (Å²) in [4.78, 5) is 16.8. The molecule has 0 radical (unpaired) electrons. The van der Waals surface area contributed by atoms with E-state index in [1.165, 1.54) is 23.5 Å². The average Bonchev–Trinajstić information content (AvgIpc) is 3.32. The van der Waals surface area contributed by atoms with E-state index in [0.717, 1.165) is 15.8 Å². The Bertz CT molecular complexity index is 1220. The van der Waals surface area contributed by atoms with E-state index in [1.54, 1.807) is 25.1 Å². The maximum absolute atomic E-state index is 13.1. The minimum Gasteiger partial charge on any atom is -0.424 e. The molecular formula is C19H14FN5O3S. The van der Waals surface area contributed by atoms with Gasteiger partial charge in [0.05, 0.1) is 16.8 Å². The second-order valence-corrected chi connectivity index (χ2v) is 7.09. The van der Waals surface area contributed by atoms with E-state index in [0.29, 0.717) is 11.4 Å². The number of aryl methyl sites for hydroxylation is 1. The summed E-state index contributed by atoms with van der Waals surface area (Å²) >= 11 is 1.21. The molecule has 0 unspecified atom stereocenters. The van der Waals surface area contributed by atoms with E-state index in [4.69, 9.17) is 4.42 Å². The number of nitrogens with one attached hydrogen (secondary N) is 1. The second-order valence-electron chi connectivity index (χ2n) is 6.05. The van der Waals surface area contributed by atoms with E-state index in [1.807, 2.05) is 12.1 Å². The van der Waals surface area contributed by atoms with Crippen molar-refractivity contribution in [3.63, 3.8) is 0 Å². The molecule has 0 aliphatic rings. The average molecular weight is 411 g/mol. The Morgan fingerprint density at radius 2 is 1.97 bits per heavy atom. The molecule has 146 valence electrons. The quantitative estimate of drug-likeness (QED) is 0.296. The van der Waals surface area contributed by atoms with Gasteiger partial charge in [0.15, 0.2) is 5.01 Å². The molecule has 0 bridgehead atoms. The first kappa shape index (κ1) is 18.7. The van der Waals surface area contributed by atoms with Gasteiger partial charge in [-0.3, -0.25) is 4.79 Å². The minimum absolute atomic E-state index is 0.00168. The number of thiazole rings is 1. The molecule has 8 nitrogen and oxygen atoms in total. The molecule has 4 aromatic rings. The molecule has 2 aromatic carbocycles. The molecule has 2 aromatic heterocycles. The Morgan fingerprint density at radius 1 is 1.21 bits per heavy atom. The predicted octanol–water partition coefficient (Wildman–Crippen LogP) is 3.29. The SMILES string of the molecule is Cc1nnc(CNC(=O)/C(=N\O)c2nc3ccc(-c4ccc(F)cc4)cc3s2)o1. The van der Waals surface area contributed by atoms with Crippen LogP contribution in [0.1, 0.15) is 16.8 Å². The Morgan fingerprint density at radius 3 is 2.66 bits per heavy atom. The van der Waals surface area contributed by atoms with Gasteiger partial charge in [-0.2, -0.15) is 0 Å². The van der Waals surface area contributed by atoms with Crippen LogP contribution in [0.4, 0.5) is 4.39 Å². The maximum Gasteiger partial charge on any atom is 0.276 e. The molecule has 2 heterocycles. The van der Waals surface area contributed by atoms with Gasteiger partial charge in [0.2, 0.25) is 17.5 Å². The monoisotopic (exact) mass is 411 g/mol. The lowest BCUT2D eigenvalue weighted by molar-refractivity contribution is -0.115. The number of amides is 1. The van der Waals surface area contributed by atoms with Crippen molar-refractivity contribution >= 4 is 33.2 Å². The molecule has 0 aliphatic heterocycles. The Hall–Kier alpha value is -3.66. The fourth-order valence-electron chi connectivity index (χ4n) is 2.68. The van der Waals surface area contributed by atoms with Crippen LogP contribution in [0.3, 0.4) is 0 Å². The number of rotatable bonds is 5. The molecule has 0 spiro atoms. The predicted molar refractivity (Wildman–Crippen MR) is 104 cm³/mol. The first-order chi connectivity index (χ1) is 14.0. The molecule has 0 atom stereocenters. The van der Waals surface area contributed by atoms with Crippen molar-refractivity contribution in [2.45, 2.75) is 13.5 Å². The first-order valence-electron chi connectivity index (χ1n) is 8.49. The molecule has 0 saturated heterocycles. The van der Waals surface area contributed by atoms with Crippen molar-refractivity contribution in [3.8, 4) is 11.1 Å². The summed E-state index contributed by atoms with van der Waals surface area (Å²) < 4.78 is 19.1. The third kappa shape index (κ3) is 3.97. The summed E-state index contributed by atoms with van der Waals surface area (Å²) in [6, 6.07) is 11.7. The lowest BCUT2D eigenvalue weighted by Gasteiger charge is -2.01. The van der Waals surface area contributed by atoms with Crippen LogP contribution in [0.5, 0.6) is 0 Å². The van der Waals surface area contributed by atoms with Gasteiger partial charge in [0.1, 0.15) is 5.82 Å². The van der Waals surface area contributed by atoms with E-state index in [-0.39, 0.29) is 29.0 Å². The molecule has 4 rings (SSSR count). The summed E-state index contributed by atoms with van der Waals surface area (Å²) in [6.45, 7) is 1.64. The lowest BCUT2D eigenvalue weighted by Crippen LogP contribution is -2.31. The zero-order valence-corrected chi connectivity index (χ0v) is 15.9. The van der Waals surface area contributed by atoms with Gasteiger partial charge in [0, 0.05) is 6.92 Å². The maximum atomic E-state index is 13.1. The van der Waals surface area contributed by atoms with Crippen molar-refractivity contribution in [1.82, 2.24) is 20.5 Å². The molecular weight excluding hydrogens is 397 g/mol. The van der Waals surface area contributed by atoms with Gasteiger partial charge in [-0.15, -0.1) is 21.5 Å². The number of hydrogen-bond acceptors (Lipinski definition) is 8. The third-order valence-electron chi connectivity index (χ3n) is 4.05. The van der Waals surface area contributed by atoms with Gasteiger partial charge in [-0.25, -0.2) is 9.37 Å². The standard InChI is InChI=1S/C19H14FN5O3S/c1-10-23-24-16(28-10)9-21-18(26)17(25-27)19-22-14-7-4-12(8-15(14)29-19)11-2-5-13(20)6-3-11/h2-8,27H,9H2,1H3,(H,21,26)/b25-17+. The Kier molecular flexibility index (Phi) is 5.00. The second kappa shape index (κ2) is 7.76. The van der Waals surface area contributed by atoms with Gasteiger partial charge in [-0.05, 0) is 35.4 Å². The highest BCUT2D eigenvalue weighted by molar-refractivity contribution is 7.21. The van der Waals surface area contributed by atoms with Crippen molar-refractivity contribution in [1.29, 1.82) is 0 Å². The number of oxime groups is 1. The van der Waals surface area contributed by atoms with Gasteiger partial charge < -0.3 is 14.9 Å². The smallest absolute Gasteiger partial charge is 0.276 e. The fourth-order valence-corrected chi connectivity index (χ4v) is 3.67. The van der Waals surface area contributed by atoms with Crippen LogP contribution in [0, 0.1) is 12.7 Å². The fraction of sp³-hybridized carbons (Fsp3) is 0.105. The number of carbonyl (C=O) groups excluding carboxylic acids is 1. The third-order valence-corrected chi connectivity index (χ3v) is 5.08. The van der Waals surface area contributed by atoms with Crippen LogP contribution >= 0.6 is 11.3 Å². The number of benzene rings is 2. The molecule has 1 amide bonds.